The summed E-state index contributed by atoms with van der Waals surface area (Å²) in [6.45, 7) is 5.59. The van der Waals surface area contributed by atoms with Crippen LogP contribution in [-0.4, -0.2) is 27.9 Å². The molecule has 2 rings (SSSR count). The second kappa shape index (κ2) is 11.4. The number of aromatic carboxylic acids is 2. The molecule has 0 aliphatic heterocycles. The molecule has 0 spiro atoms. The number of ketones is 1. The number of carbonyl (C=O) groups excluding carboxylic acids is 1. The summed E-state index contributed by atoms with van der Waals surface area (Å²) in [5.74, 6) is -1.84. The van der Waals surface area contributed by atoms with E-state index >= 15 is 0 Å². The maximum Gasteiger partial charge on any atom is 0.335 e. The van der Waals surface area contributed by atoms with Crippen molar-refractivity contribution in [3.63, 3.8) is 0 Å². The molecule has 0 atom stereocenters. The van der Waals surface area contributed by atoms with Gasteiger partial charge in [0.25, 0.3) is 0 Å². The van der Waals surface area contributed by atoms with Crippen LogP contribution in [0.4, 0.5) is 0 Å². The van der Waals surface area contributed by atoms with Crippen molar-refractivity contribution in [2.24, 2.45) is 0 Å². The lowest BCUT2D eigenvalue weighted by molar-refractivity contribution is 0.0685. The molecule has 2 aromatic rings. The van der Waals surface area contributed by atoms with E-state index in [-0.39, 0.29) is 11.3 Å². The summed E-state index contributed by atoms with van der Waals surface area (Å²) in [5.41, 5.74) is 2.53. The lowest BCUT2D eigenvalue weighted by atomic mass is 10.00. The maximum absolute atomic E-state index is 11.8. The monoisotopic (exact) mass is 448 g/mol. The van der Waals surface area contributed by atoms with Crippen LogP contribution in [0.5, 0.6) is 0 Å². The first-order valence-electron chi connectivity index (χ1n) is 9.04. The van der Waals surface area contributed by atoms with Gasteiger partial charge in [0.15, 0.2) is 5.78 Å². The number of carbonyl (C=O) groups is 3. The molecule has 150 valence electrons. The average Bonchev–Trinajstić information content (AvgIpc) is 2.64. The second-order valence-electron chi connectivity index (χ2n) is 6.48. The van der Waals surface area contributed by atoms with E-state index in [0.29, 0.717) is 23.1 Å². The van der Waals surface area contributed by atoms with Gasteiger partial charge < -0.3 is 10.2 Å². The number of rotatable bonds is 7. The molecule has 0 aromatic heterocycles. The number of hydrogen-bond acceptors (Lipinski definition) is 3. The molecule has 0 unspecified atom stereocenters. The fourth-order valence-electron chi connectivity index (χ4n) is 2.53. The molecular formula is C22H25BrO5. The van der Waals surface area contributed by atoms with Crippen LogP contribution < -0.4 is 0 Å². The summed E-state index contributed by atoms with van der Waals surface area (Å²) >= 11 is 3.20. The minimum Gasteiger partial charge on any atom is -0.478 e. The van der Waals surface area contributed by atoms with Gasteiger partial charge in [-0.25, -0.2) is 9.59 Å². The number of carboxylic acids is 2. The lowest BCUT2D eigenvalue weighted by Crippen LogP contribution is -2.05. The van der Waals surface area contributed by atoms with E-state index in [0.717, 1.165) is 29.3 Å². The normalized spacial score (nSPS) is 10.0. The standard InChI is InChI=1S/C14H18O3.C8H7BrO2/c1-3-4-5-6-13(15)11-8-7-10(2)12(9-11)14(16)17;1-5-2-3-6(9)4-7(5)8(10)11/h7-9H,3-6H2,1-2H3,(H,16,17);2-4H,1H3,(H,10,11). The number of Topliss-reactive ketones (excluding diaryl/α,β-unsaturated/α-hetero) is 1. The number of unbranched alkanes of at least 4 members (excludes halogenated alkanes) is 2. The molecule has 0 radical (unpaired) electrons. The minimum atomic E-state index is -0.981. The smallest absolute Gasteiger partial charge is 0.335 e. The Morgan fingerprint density at radius 3 is 1.89 bits per heavy atom. The fraction of sp³-hybridized carbons (Fsp3) is 0.318. The Balaban J connectivity index is 0.000000307. The minimum absolute atomic E-state index is 0.0287. The Hall–Kier alpha value is -2.47. The molecule has 0 aliphatic rings. The van der Waals surface area contributed by atoms with Gasteiger partial charge in [-0.15, -0.1) is 0 Å². The van der Waals surface area contributed by atoms with E-state index in [4.69, 9.17) is 10.2 Å². The number of benzene rings is 2. The Morgan fingerprint density at radius 1 is 0.857 bits per heavy atom. The molecule has 2 aromatic carbocycles. The molecule has 0 amide bonds. The van der Waals surface area contributed by atoms with Crippen molar-refractivity contribution in [3.8, 4) is 0 Å². The Morgan fingerprint density at radius 2 is 1.39 bits per heavy atom. The molecule has 0 heterocycles. The van der Waals surface area contributed by atoms with Gasteiger partial charge in [-0.2, -0.15) is 0 Å². The number of hydrogen-bond donors (Lipinski definition) is 2. The first-order chi connectivity index (χ1) is 13.2. The van der Waals surface area contributed by atoms with Crippen LogP contribution in [0.3, 0.4) is 0 Å². The SMILES string of the molecule is CCCCCC(=O)c1ccc(C)c(C(=O)O)c1.Cc1ccc(Br)cc1C(=O)O. The molecule has 0 aliphatic carbocycles. The molecule has 2 N–H and O–H groups in total. The van der Waals surface area contributed by atoms with Gasteiger partial charge >= 0.3 is 11.9 Å². The average molecular weight is 449 g/mol. The van der Waals surface area contributed by atoms with Crippen molar-refractivity contribution in [1.29, 1.82) is 0 Å². The Kier molecular flexibility index (Phi) is 9.59. The van der Waals surface area contributed by atoms with Crippen molar-refractivity contribution in [2.75, 3.05) is 0 Å². The van der Waals surface area contributed by atoms with Crippen LogP contribution in [0.15, 0.2) is 40.9 Å². The first-order valence-corrected chi connectivity index (χ1v) is 9.83. The predicted octanol–water partition coefficient (Wildman–Crippen LogP) is 5.91. The summed E-state index contributed by atoms with van der Waals surface area (Å²) in [5, 5.41) is 17.6. The van der Waals surface area contributed by atoms with E-state index in [9.17, 15) is 14.4 Å². The molecule has 0 fully saturated rings. The zero-order chi connectivity index (χ0) is 21.3. The van der Waals surface area contributed by atoms with Gasteiger partial charge in [-0.05, 0) is 49.6 Å². The third-order valence-electron chi connectivity index (χ3n) is 4.23. The second-order valence-corrected chi connectivity index (χ2v) is 7.40. The Bertz CT molecular complexity index is 858. The Labute approximate surface area is 173 Å². The van der Waals surface area contributed by atoms with Crippen molar-refractivity contribution in [2.45, 2.75) is 46.5 Å². The van der Waals surface area contributed by atoms with Crippen LogP contribution in [0.1, 0.15) is 74.8 Å². The van der Waals surface area contributed by atoms with E-state index < -0.39 is 11.9 Å². The molecule has 0 saturated heterocycles. The van der Waals surface area contributed by atoms with E-state index in [1.165, 1.54) is 6.07 Å². The molecule has 6 heteroatoms. The highest BCUT2D eigenvalue weighted by Gasteiger charge is 2.12. The van der Waals surface area contributed by atoms with Gasteiger partial charge in [0.2, 0.25) is 0 Å². The number of aryl methyl sites for hydroxylation is 2. The van der Waals surface area contributed by atoms with Crippen LogP contribution in [0, 0.1) is 13.8 Å². The molecule has 0 bridgehead atoms. The lowest BCUT2D eigenvalue weighted by Gasteiger charge is -2.04. The van der Waals surface area contributed by atoms with Gasteiger partial charge in [-0.3, -0.25) is 4.79 Å². The zero-order valence-corrected chi connectivity index (χ0v) is 17.9. The predicted molar refractivity (Wildman–Crippen MR) is 112 cm³/mol. The van der Waals surface area contributed by atoms with E-state index in [2.05, 4.69) is 22.9 Å². The van der Waals surface area contributed by atoms with Crippen LogP contribution in [-0.2, 0) is 0 Å². The number of carboxylic acid groups (broad SMARTS) is 2. The van der Waals surface area contributed by atoms with Crippen molar-refractivity contribution in [1.82, 2.24) is 0 Å². The first kappa shape index (κ1) is 23.6. The molecule has 28 heavy (non-hydrogen) atoms. The largest absolute Gasteiger partial charge is 0.478 e. The quantitative estimate of drug-likeness (QED) is 0.405. The highest BCUT2D eigenvalue weighted by atomic mass is 79.9. The van der Waals surface area contributed by atoms with Crippen LogP contribution in [0.2, 0.25) is 0 Å². The van der Waals surface area contributed by atoms with Crippen LogP contribution in [0.25, 0.3) is 0 Å². The summed E-state index contributed by atoms with van der Waals surface area (Å²) in [6, 6.07) is 10.1. The van der Waals surface area contributed by atoms with E-state index in [1.807, 2.05) is 6.07 Å². The van der Waals surface area contributed by atoms with Crippen LogP contribution >= 0.6 is 15.9 Å². The van der Waals surface area contributed by atoms with Gasteiger partial charge in [0.1, 0.15) is 0 Å². The van der Waals surface area contributed by atoms with E-state index in [1.54, 1.807) is 38.1 Å². The molecular weight excluding hydrogens is 424 g/mol. The number of halogens is 1. The highest BCUT2D eigenvalue weighted by Crippen LogP contribution is 2.16. The van der Waals surface area contributed by atoms with Crippen molar-refractivity contribution >= 4 is 33.7 Å². The van der Waals surface area contributed by atoms with Gasteiger partial charge in [0, 0.05) is 16.5 Å². The van der Waals surface area contributed by atoms with Gasteiger partial charge in [-0.1, -0.05) is 53.9 Å². The highest BCUT2D eigenvalue weighted by molar-refractivity contribution is 9.10. The van der Waals surface area contributed by atoms with Gasteiger partial charge in [0.05, 0.1) is 11.1 Å². The maximum atomic E-state index is 11.8. The third kappa shape index (κ3) is 7.27. The zero-order valence-electron chi connectivity index (χ0n) is 16.3. The summed E-state index contributed by atoms with van der Waals surface area (Å²) in [7, 11) is 0. The van der Waals surface area contributed by atoms with Crippen molar-refractivity contribution in [3.05, 3.63) is 68.7 Å². The third-order valence-corrected chi connectivity index (χ3v) is 4.72. The van der Waals surface area contributed by atoms with Crippen molar-refractivity contribution < 1.29 is 24.6 Å². The summed E-state index contributed by atoms with van der Waals surface area (Å²) < 4.78 is 0.792. The summed E-state index contributed by atoms with van der Waals surface area (Å²) in [6.07, 6.45) is 3.46. The molecule has 0 saturated carbocycles. The fourth-order valence-corrected chi connectivity index (χ4v) is 2.89. The molecule has 5 nitrogen and oxygen atoms in total. The topological polar surface area (TPSA) is 91.7 Å². The summed E-state index contributed by atoms with van der Waals surface area (Å²) in [4.78, 5) is 33.3.